The van der Waals surface area contributed by atoms with Crippen LogP contribution in [0.3, 0.4) is 0 Å². The molecule has 1 rings (SSSR count). The minimum Gasteiger partial charge on any atom is -0.466 e. The highest BCUT2D eigenvalue weighted by Gasteiger charge is 2.06. The number of ether oxygens (including phenoxy) is 1. The van der Waals surface area contributed by atoms with E-state index in [2.05, 4.69) is 30.0 Å². The Morgan fingerprint density at radius 1 is 1.44 bits per heavy atom. The van der Waals surface area contributed by atoms with Gasteiger partial charge in [-0.1, -0.05) is 6.07 Å². The number of carbonyl (C=O) groups is 1. The molecule has 0 atom stereocenters. The van der Waals surface area contributed by atoms with Crippen LogP contribution in [0.4, 0.5) is 5.69 Å². The van der Waals surface area contributed by atoms with Crippen molar-refractivity contribution in [2.75, 3.05) is 24.6 Å². The first kappa shape index (κ1) is 14.6. The van der Waals surface area contributed by atoms with E-state index in [9.17, 15) is 4.79 Å². The zero-order valence-electron chi connectivity index (χ0n) is 11.5. The summed E-state index contributed by atoms with van der Waals surface area (Å²) in [6.45, 7) is 8.26. The fourth-order valence-corrected chi connectivity index (χ4v) is 1.88. The maximum Gasteiger partial charge on any atom is 0.305 e. The van der Waals surface area contributed by atoms with Crippen LogP contribution in [0.1, 0.15) is 32.3 Å². The summed E-state index contributed by atoms with van der Waals surface area (Å²) in [5.74, 6) is -0.105. The molecule has 0 aromatic heterocycles. The number of anilines is 1. The SMILES string of the molecule is CCOC(=O)CCCN(CC)c1cc[c]c(C)c1. The minimum absolute atomic E-state index is 0.105. The summed E-state index contributed by atoms with van der Waals surface area (Å²) in [7, 11) is 0. The molecule has 1 aromatic rings. The van der Waals surface area contributed by atoms with Crippen LogP contribution in [0, 0.1) is 13.0 Å². The van der Waals surface area contributed by atoms with Gasteiger partial charge in [0.05, 0.1) is 6.61 Å². The van der Waals surface area contributed by atoms with Crippen molar-refractivity contribution in [3.8, 4) is 0 Å². The zero-order chi connectivity index (χ0) is 13.4. The Balaban J connectivity index is 2.45. The van der Waals surface area contributed by atoms with Crippen LogP contribution in [0.25, 0.3) is 0 Å². The van der Waals surface area contributed by atoms with E-state index in [4.69, 9.17) is 4.74 Å². The van der Waals surface area contributed by atoms with Gasteiger partial charge >= 0.3 is 5.97 Å². The van der Waals surface area contributed by atoms with E-state index < -0.39 is 0 Å². The van der Waals surface area contributed by atoms with E-state index in [1.807, 2.05) is 19.9 Å². The molecule has 18 heavy (non-hydrogen) atoms. The molecule has 1 radical (unpaired) electrons. The number of benzene rings is 1. The standard InChI is InChI=1S/C15H22NO2/c1-4-16(11-7-10-15(17)18-5-2)14-9-6-8-13(3)12-14/h6,9,12H,4-5,7,10-11H2,1-3H3. The quantitative estimate of drug-likeness (QED) is 0.695. The van der Waals surface area contributed by atoms with Gasteiger partial charge in [0, 0.05) is 25.2 Å². The van der Waals surface area contributed by atoms with Crippen molar-refractivity contribution in [3.05, 3.63) is 29.8 Å². The van der Waals surface area contributed by atoms with E-state index in [1.165, 1.54) is 5.69 Å². The van der Waals surface area contributed by atoms with Crippen LogP contribution in [-0.2, 0) is 9.53 Å². The first-order chi connectivity index (χ1) is 8.67. The van der Waals surface area contributed by atoms with Crippen molar-refractivity contribution in [3.63, 3.8) is 0 Å². The first-order valence-electron chi connectivity index (χ1n) is 6.56. The highest BCUT2D eigenvalue weighted by molar-refractivity contribution is 5.69. The number of hydrogen-bond acceptors (Lipinski definition) is 3. The number of carbonyl (C=O) groups excluding carboxylic acids is 1. The van der Waals surface area contributed by atoms with E-state index >= 15 is 0 Å². The average Bonchev–Trinajstić information content (AvgIpc) is 2.35. The van der Waals surface area contributed by atoms with Crippen molar-refractivity contribution >= 4 is 11.7 Å². The second-order valence-electron chi connectivity index (χ2n) is 4.22. The number of rotatable bonds is 7. The van der Waals surface area contributed by atoms with Crippen LogP contribution < -0.4 is 4.90 Å². The molecule has 0 aliphatic rings. The molecule has 0 bridgehead atoms. The normalized spacial score (nSPS) is 10.2. The van der Waals surface area contributed by atoms with Gasteiger partial charge < -0.3 is 9.64 Å². The van der Waals surface area contributed by atoms with E-state index in [1.54, 1.807) is 0 Å². The van der Waals surface area contributed by atoms with Gasteiger partial charge in [-0.2, -0.15) is 0 Å². The number of aryl methyl sites for hydroxylation is 1. The van der Waals surface area contributed by atoms with E-state index in [-0.39, 0.29) is 5.97 Å². The van der Waals surface area contributed by atoms with Crippen LogP contribution in [0.15, 0.2) is 18.2 Å². The Morgan fingerprint density at radius 3 is 2.83 bits per heavy atom. The third-order valence-corrected chi connectivity index (χ3v) is 2.79. The molecule has 0 saturated carbocycles. The lowest BCUT2D eigenvalue weighted by Gasteiger charge is -2.23. The topological polar surface area (TPSA) is 29.5 Å². The van der Waals surface area contributed by atoms with Crippen LogP contribution >= 0.6 is 0 Å². The summed E-state index contributed by atoms with van der Waals surface area (Å²) < 4.78 is 4.92. The van der Waals surface area contributed by atoms with E-state index in [0.717, 1.165) is 25.1 Å². The smallest absolute Gasteiger partial charge is 0.305 e. The molecule has 0 saturated heterocycles. The lowest BCUT2D eigenvalue weighted by Crippen LogP contribution is -2.24. The van der Waals surface area contributed by atoms with Crippen molar-refractivity contribution in [2.45, 2.75) is 33.6 Å². The van der Waals surface area contributed by atoms with Crippen LogP contribution in [0.5, 0.6) is 0 Å². The summed E-state index contributed by atoms with van der Waals surface area (Å²) in [5.41, 5.74) is 2.33. The van der Waals surface area contributed by atoms with Gasteiger partial charge in [0.25, 0.3) is 0 Å². The Labute approximate surface area is 110 Å². The van der Waals surface area contributed by atoms with Crippen LogP contribution in [0.2, 0.25) is 0 Å². The van der Waals surface area contributed by atoms with Crippen LogP contribution in [-0.4, -0.2) is 25.7 Å². The summed E-state index contributed by atoms with van der Waals surface area (Å²) >= 11 is 0. The Kier molecular flexibility index (Phi) is 6.26. The van der Waals surface area contributed by atoms with Crippen molar-refractivity contribution < 1.29 is 9.53 Å². The lowest BCUT2D eigenvalue weighted by molar-refractivity contribution is -0.143. The average molecular weight is 248 g/mol. The molecule has 0 N–H and O–H groups in total. The maximum atomic E-state index is 11.3. The summed E-state index contributed by atoms with van der Waals surface area (Å²) in [5, 5.41) is 0. The second-order valence-corrected chi connectivity index (χ2v) is 4.22. The molecule has 0 unspecified atom stereocenters. The lowest BCUT2D eigenvalue weighted by atomic mass is 10.2. The number of hydrogen-bond donors (Lipinski definition) is 0. The highest BCUT2D eigenvalue weighted by Crippen LogP contribution is 2.15. The predicted octanol–water partition coefficient (Wildman–Crippen LogP) is 2.96. The third-order valence-electron chi connectivity index (χ3n) is 2.79. The maximum absolute atomic E-state index is 11.3. The largest absolute Gasteiger partial charge is 0.466 e. The Bertz CT molecular complexity index is 377. The molecule has 1 aromatic carbocycles. The molecule has 0 aliphatic heterocycles. The molecule has 0 amide bonds. The number of esters is 1. The Hall–Kier alpha value is -1.51. The summed E-state index contributed by atoms with van der Waals surface area (Å²) in [6, 6.07) is 9.26. The number of nitrogens with zero attached hydrogens (tertiary/aromatic N) is 1. The molecular weight excluding hydrogens is 226 g/mol. The molecule has 99 valence electrons. The van der Waals surface area contributed by atoms with Gasteiger partial charge in [0.15, 0.2) is 0 Å². The van der Waals surface area contributed by atoms with Gasteiger partial charge in [0.2, 0.25) is 0 Å². The van der Waals surface area contributed by atoms with Crippen molar-refractivity contribution in [2.24, 2.45) is 0 Å². The predicted molar refractivity (Wildman–Crippen MR) is 73.8 cm³/mol. The fourth-order valence-electron chi connectivity index (χ4n) is 1.88. The fraction of sp³-hybridized carbons (Fsp3) is 0.533. The van der Waals surface area contributed by atoms with E-state index in [0.29, 0.717) is 13.0 Å². The molecule has 0 spiro atoms. The van der Waals surface area contributed by atoms with Gasteiger partial charge in [-0.25, -0.2) is 0 Å². The molecule has 3 nitrogen and oxygen atoms in total. The van der Waals surface area contributed by atoms with Gasteiger partial charge in [-0.15, -0.1) is 0 Å². The highest BCUT2D eigenvalue weighted by atomic mass is 16.5. The third kappa shape index (κ3) is 4.78. The summed E-state index contributed by atoms with van der Waals surface area (Å²) in [4.78, 5) is 13.5. The zero-order valence-corrected chi connectivity index (χ0v) is 11.5. The van der Waals surface area contributed by atoms with Crippen molar-refractivity contribution in [1.29, 1.82) is 0 Å². The summed E-state index contributed by atoms with van der Waals surface area (Å²) in [6.07, 6.45) is 1.31. The van der Waals surface area contributed by atoms with Gasteiger partial charge in [0.1, 0.15) is 0 Å². The Morgan fingerprint density at radius 2 is 2.22 bits per heavy atom. The first-order valence-corrected chi connectivity index (χ1v) is 6.56. The second kappa shape index (κ2) is 7.75. The van der Waals surface area contributed by atoms with Crippen molar-refractivity contribution in [1.82, 2.24) is 0 Å². The molecule has 3 heteroatoms. The molecular formula is C15H22NO2. The minimum atomic E-state index is -0.105. The van der Waals surface area contributed by atoms with Gasteiger partial charge in [-0.3, -0.25) is 4.79 Å². The molecule has 0 aliphatic carbocycles. The molecule has 0 fully saturated rings. The molecule has 0 heterocycles. The monoisotopic (exact) mass is 248 g/mol. The van der Waals surface area contributed by atoms with Gasteiger partial charge in [-0.05, 0) is 51.0 Å².